The molecule has 0 atom stereocenters. The fourth-order valence-electron chi connectivity index (χ4n) is 1.80. The minimum absolute atomic E-state index is 0.237. The normalized spacial score (nSPS) is 11.1. The van der Waals surface area contributed by atoms with E-state index in [1.54, 1.807) is 25.4 Å². The molecule has 0 bridgehead atoms. The predicted octanol–water partition coefficient (Wildman–Crippen LogP) is 3.85. The molecular formula is C17H21N3O. The number of nitrogens with zero attached hydrogens (tertiary/aromatic N) is 2. The molecule has 0 saturated carbocycles. The Hall–Kier alpha value is -2.49. The fraction of sp³-hybridized carbons (Fsp3) is 0.235. The lowest BCUT2D eigenvalue weighted by molar-refractivity contribution is -0.110. The van der Waals surface area contributed by atoms with Gasteiger partial charge in [0.2, 0.25) is 0 Å². The van der Waals surface area contributed by atoms with Crippen LogP contribution in [-0.4, -0.2) is 23.7 Å². The first-order chi connectivity index (χ1) is 10.3. The molecule has 4 heteroatoms. The number of nitrogens with one attached hydrogen (secondary N) is 1. The summed E-state index contributed by atoms with van der Waals surface area (Å²) in [6.45, 7) is 5.85. The highest BCUT2D eigenvalue weighted by Gasteiger charge is 2.09. The van der Waals surface area contributed by atoms with Crippen molar-refractivity contribution in [3.63, 3.8) is 0 Å². The number of aliphatic imine (C=N–C) groups is 1. The van der Waals surface area contributed by atoms with Gasteiger partial charge in [-0.25, -0.2) is 0 Å². The van der Waals surface area contributed by atoms with Gasteiger partial charge in [-0.1, -0.05) is 38.1 Å². The first-order valence-corrected chi connectivity index (χ1v) is 7.01. The molecule has 0 saturated heterocycles. The van der Waals surface area contributed by atoms with Gasteiger partial charge >= 0.3 is 0 Å². The SMILES string of the molecule is C/C=C\C(=NC)C(=O)Nc1cccc2cccnc12.CC. The molecule has 2 aromatic rings. The molecule has 4 nitrogen and oxygen atoms in total. The summed E-state index contributed by atoms with van der Waals surface area (Å²) in [6.07, 6.45) is 5.16. The molecule has 0 aliphatic rings. The summed E-state index contributed by atoms with van der Waals surface area (Å²) in [5.41, 5.74) is 1.85. The van der Waals surface area contributed by atoms with Crippen LogP contribution in [-0.2, 0) is 4.79 Å². The van der Waals surface area contributed by atoms with Crippen LogP contribution in [0, 0.1) is 0 Å². The summed E-state index contributed by atoms with van der Waals surface area (Å²) < 4.78 is 0. The van der Waals surface area contributed by atoms with Gasteiger partial charge in [-0.2, -0.15) is 0 Å². The number of para-hydroxylation sites is 1. The van der Waals surface area contributed by atoms with Gasteiger partial charge in [0.05, 0.1) is 11.2 Å². The van der Waals surface area contributed by atoms with Gasteiger partial charge in [-0.05, 0) is 25.1 Å². The van der Waals surface area contributed by atoms with E-state index < -0.39 is 0 Å². The first-order valence-electron chi connectivity index (χ1n) is 7.01. The third-order valence-electron chi connectivity index (χ3n) is 2.68. The average Bonchev–Trinajstić information content (AvgIpc) is 2.54. The number of rotatable bonds is 3. The Bertz CT molecular complexity index is 655. The number of carbonyl (C=O) groups excluding carboxylic acids is 1. The third kappa shape index (κ3) is 4.24. The van der Waals surface area contributed by atoms with E-state index in [1.807, 2.05) is 51.1 Å². The molecule has 110 valence electrons. The van der Waals surface area contributed by atoms with Gasteiger partial charge in [0, 0.05) is 18.6 Å². The van der Waals surface area contributed by atoms with Crippen molar-refractivity contribution >= 4 is 28.2 Å². The van der Waals surface area contributed by atoms with Crippen LogP contribution in [0.5, 0.6) is 0 Å². The van der Waals surface area contributed by atoms with E-state index in [1.165, 1.54) is 0 Å². The maximum Gasteiger partial charge on any atom is 0.273 e. The van der Waals surface area contributed by atoms with E-state index in [9.17, 15) is 4.79 Å². The smallest absolute Gasteiger partial charge is 0.273 e. The van der Waals surface area contributed by atoms with Crippen LogP contribution in [0.3, 0.4) is 0 Å². The minimum Gasteiger partial charge on any atom is -0.319 e. The Morgan fingerprint density at radius 1 is 1.24 bits per heavy atom. The highest BCUT2D eigenvalue weighted by molar-refractivity contribution is 6.47. The molecule has 0 spiro atoms. The second-order valence-corrected chi connectivity index (χ2v) is 3.94. The Labute approximate surface area is 125 Å². The van der Waals surface area contributed by atoms with Crippen molar-refractivity contribution in [3.05, 3.63) is 48.7 Å². The maximum atomic E-state index is 12.1. The van der Waals surface area contributed by atoms with Crippen LogP contribution >= 0.6 is 0 Å². The van der Waals surface area contributed by atoms with Gasteiger partial charge in [0.15, 0.2) is 0 Å². The van der Waals surface area contributed by atoms with Gasteiger partial charge in [0.1, 0.15) is 5.71 Å². The number of carbonyl (C=O) groups is 1. The van der Waals surface area contributed by atoms with Crippen LogP contribution in [0.1, 0.15) is 20.8 Å². The molecule has 1 aromatic carbocycles. The topological polar surface area (TPSA) is 54.4 Å². The molecular weight excluding hydrogens is 262 g/mol. The first kappa shape index (κ1) is 16.6. The van der Waals surface area contributed by atoms with Crippen molar-refractivity contribution in [2.45, 2.75) is 20.8 Å². The molecule has 0 aliphatic carbocycles. The lowest BCUT2D eigenvalue weighted by Crippen LogP contribution is -2.21. The number of allylic oxidation sites excluding steroid dienone is 1. The van der Waals surface area contributed by atoms with Gasteiger partial charge in [-0.3, -0.25) is 14.8 Å². The highest BCUT2D eigenvalue weighted by Crippen LogP contribution is 2.20. The second kappa shape index (κ2) is 8.64. The zero-order valence-corrected chi connectivity index (χ0v) is 12.9. The maximum absolute atomic E-state index is 12.1. The zero-order chi connectivity index (χ0) is 15.7. The fourth-order valence-corrected chi connectivity index (χ4v) is 1.80. The molecule has 1 aromatic heterocycles. The number of hydrogen-bond donors (Lipinski definition) is 1. The lowest BCUT2D eigenvalue weighted by Gasteiger charge is -2.07. The summed E-state index contributed by atoms with van der Waals surface area (Å²) >= 11 is 0. The number of amides is 1. The molecule has 0 unspecified atom stereocenters. The number of aromatic nitrogens is 1. The van der Waals surface area contributed by atoms with Gasteiger partial charge in [0.25, 0.3) is 5.91 Å². The van der Waals surface area contributed by atoms with Crippen molar-refractivity contribution in [1.29, 1.82) is 0 Å². The molecule has 21 heavy (non-hydrogen) atoms. The van der Waals surface area contributed by atoms with Crippen molar-refractivity contribution < 1.29 is 4.79 Å². The lowest BCUT2D eigenvalue weighted by atomic mass is 10.2. The van der Waals surface area contributed by atoms with Crippen molar-refractivity contribution in [3.8, 4) is 0 Å². The molecule has 1 N–H and O–H groups in total. The molecule has 0 radical (unpaired) electrons. The van der Waals surface area contributed by atoms with E-state index in [4.69, 9.17) is 0 Å². The quantitative estimate of drug-likeness (QED) is 0.870. The van der Waals surface area contributed by atoms with E-state index >= 15 is 0 Å². The summed E-state index contributed by atoms with van der Waals surface area (Å²) in [5.74, 6) is -0.237. The van der Waals surface area contributed by atoms with Gasteiger partial charge in [-0.15, -0.1) is 0 Å². The molecule has 1 heterocycles. The Kier molecular flexibility index (Phi) is 6.81. The number of anilines is 1. The molecule has 0 aliphatic heterocycles. The van der Waals surface area contributed by atoms with Gasteiger partial charge < -0.3 is 5.32 Å². The Morgan fingerprint density at radius 3 is 2.62 bits per heavy atom. The summed E-state index contributed by atoms with van der Waals surface area (Å²) in [5, 5.41) is 3.82. The summed E-state index contributed by atoms with van der Waals surface area (Å²) in [7, 11) is 1.59. The summed E-state index contributed by atoms with van der Waals surface area (Å²) in [4.78, 5) is 20.3. The Morgan fingerprint density at radius 2 is 1.95 bits per heavy atom. The third-order valence-corrected chi connectivity index (χ3v) is 2.68. The summed E-state index contributed by atoms with van der Waals surface area (Å²) in [6, 6.07) is 9.50. The minimum atomic E-state index is -0.237. The zero-order valence-electron chi connectivity index (χ0n) is 12.9. The van der Waals surface area contributed by atoms with Crippen molar-refractivity contribution in [2.24, 2.45) is 4.99 Å². The van der Waals surface area contributed by atoms with E-state index in [2.05, 4.69) is 15.3 Å². The number of hydrogen-bond acceptors (Lipinski definition) is 3. The van der Waals surface area contributed by atoms with Crippen LogP contribution in [0.2, 0.25) is 0 Å². The number of benzene rings is 1. The van der Waals surface area contributed by atoms with Crippen LogP contribution in [0.25, 0.3) is 10.9 Å². The second-order valence-electron chi connectivity index (χ2n) is 3.94. The van der Waals surface area contributed by atoms with Crippen LogP contribution < -0.4 is 5.32 Å². The van der Waals surface area contributed by atoms with Crippen molar-refractivity contribution in [2.75, 3.05) is 12.4 Å². The average molecular weight is 283 g/mol. The predicted molar refractivity (Wildman–Crippen MR) is 89.9 cm³/mol. The number of fused-ring (bicyclic) bond motifs is 1. The van der Waals surface area contributed by atoms with E-state index in [-0.39, 0.29) is 5.91 Å². The Balaban J connectivity index is 0.00000106. The number of pyridine rings is 1. The largest absolute Gasteiger partial charge is 0.319 e. The monoisotopic (exact) mass is 283 g/mol. The van der Waals surface area contributed by atoms with Crippen LogP contribution in [0.15, 0.2) is 53.7 Å². The highest BCUT2D eigenvalue weighted by atomic mass is 16.1. The van der Waals surface area contributed by atoms with E-state index in [0.717, 1.165) is 10.9 Å². The van der Waals surface area contributed by atoms with E-state index in [0.29, 0.717) is 11.4 Å². The van der Waals surface area contributed by atoms with Crippen LogP contribution in [0.4, 0.5) is 5.69 Å². The standard InChI is InChI=1S/C15H15N3O.C2H6/c1-3-6-13(16-2)15(19)18-12-9-4-7-11-8-5-10-17-14(11)12;1-2/h3-10H,1-2H3,(H,18,19);1-2H3/b6-3-,16-13?;. The van der Waals surface area contributed by atoms with Crippen molar-refractivity contribution in [1.82, 2.24) is 4.98 Å². The molecule has 0 fully saturated rings. The molecule has 1 amide bonds. The molecule has 2 rings (SSSR count).